The fraction of sp³-hybridized carbons (Fsp3) is 0.478. The van der Waals surface area contributed by atoms with Gasteiger partial charge in [-0.25, -0.2) is 4.39 Å². The van der Waals surface area contributed by atoms with Crippen molar-refractivity contribution in [1.82, 2.24) is 16.0 Å². The Morgan fingerprint density at radius 1 is 1.30 bits per heavy atom. The molecule has 4 N–H and O–H groups in total. The molecular formula is C23H26ClFN4O4. The minimum absolute atomic E-state index is 0.117. The van der Waals surface area contributed by atoms with E-state index in [1.165, 1.54) is 18.2 Å². The number of halogens is 2. The Hall–Kier alpha value is -2.96. The van der Waals surface area contributed by atoms with Crippen molar-refractivity contribution in [2.24, 2.45) is 11.8 Å². The average Bonchev–Trinajstić information content (AvgIpc) is 3.51. The van der Waals surface area contributed by atoms with Crippen molar-refractivity contribution in [1.29, 1.82) is 5.26 Å². The van der Waals surface area contributed by atoms with E-state index in [0.29, 0.717) is 25.3 Å². The standard InChI is InChI=1S/C23H26ClFN4O4/c24-16-5-3-14(17(25)11-16)4-6-21(31)28-19(9-13-1-2-13)23(33)29-18(20(30)12-26)10-15-7-8-27-22(15)32/h3-6,11,13,15,18-20,30H,1-2,7-10H2,(H,27,32)(H,28,31)(H,29,33)/b6-4+/t15-,18?,19?,20?/m0/s1. The summed E-state index contributed by atoms with van der Waals surface area (Å²) in [6, 6.07) is 3.92. The van der Waals surface area contributed by atoms with Crippen molar-refractivity contribution in [3.63, 3.8) is 0 Å². The Morgan fingerprint density at radius 3 is 2.67 bits per heavy atom. The first-order valence-electron chi connectivity index (χ1n) is 10.9. The molecule has 0 aromatic heterocycles. The van der Waals surface area contributed by atoms with Gasteiger partial charge in [-0.2, -0.15) is 5.26 Å². The minimum atomic E-state index is -1.49. The number of nitrogens with zero attached hydrogens (tertiary/aromatic N) is 1. The molecule has 176 valence electrons. The number of rotatable bonds is 10. The van der Waals surface area contributed by atoms with Gasteiger partial charge >= 0.3 is 0 Å². The fourth-order valence-corrected chi connectivity index (χ4v) is 3.92. The zero-order valence-corrected chi connectivity index (χ0v) is 18.6. The molecule has 0 spiro atoms. The van der Waals surface area contributed by atoms with Gasteiger partial charge in [-0.1, -0.05) is 30.5 Å². The Morgan fingerprint density at radius 2 is 2.06 bits per heavy atom. The van der Waals surface area contributed by atoms with E-state index in [1.807, 2.05) is 0 Å². The number of nitriles is 1. The average molecular weight is 477 g/mol. The zero-order chi connectivity index (χ0) is 24.0. The maximum Gasteiger partial charge on any atom is 0.244 e. The molecule has 0 bridgehead atoms. The molecule has 3 unspecified atom stereocenters. The third-order valence-corrected chi connectivity index (χ3v) is 6.05. The van der Waals surface area contributed by atoms with Crippen molar-refractivity contribution >= 4 is 35.4 Å². The first-order chi connectivity index (χ1) is 15.8. The SMILES string of the molecule is N#CC(O)C(C[C@@H]1CCNC1=O)NC(=O)C(CC1CC1)NC(=O)/C=C/c1ccc(Cl)cc1F. The van der Waals surface area contributed by atoms with Crippen LogP contribution in [0.4, 0.5) is 4.39 Å². The Bertz CT molecular complexity index is 976. The highest BCUT2D eigenvalue weighted by atomic mass is 35.5. The van der Waals surface area contributed by atoms with Gasteiger partial charge in [0, 0.05) is 29.1 Å². The van der Waals surface area contributed by atoms with Crippen LogP contribution in [0, 0.1) is 29.0 Å². The number of carbonyl (C=O) groups excluding carboxylic acids is 3. The maximum atomic E-state index is 13.9. The third kappa shape index (κ3) is 7.27. The summed E-state index contributed by atoms with van der Waals surface area (Å²) < 4.78 is 13.9. The highest BCUT2D eigenvalue weighted by molar-refractivity contribution is 6.30. The fourth-order valence-electron chi connectivity index (χ4n) is 3.76. The second-order valence-corrected chi connectivity index (χ2v) is 8.88. The van der Waals surface area contributed by atoms with Crippen molar-refractivity contribution in [3.8, 4) is 6.07 Å². The molecule has 4 atom stereocenters. The summed E-state index contributed by atoms with van der Waals surface area (Å²) in [6.07, 6.45) is 3.88. The van der Waals surface area contributed by atoms with E-state index >= 15 is 0 Å². The lowest BCUT2D eigenvalue weighted by Crippen LogP contribution is -2.53. The van der Waals surface area contributed by atoms with Crippen LogP contribution in [-0.4, -0.2) is 47.6 Å². The van der Waals surface area contributed by atoms with Crippen LogP contribution in [0.2, 0.25) is 5.02 Å². The monoisotopic (exact) mass is 476 g/mol. The van der Waals surface area contributed by atoms with E-state index in [4.69, 9.17) is 16.9 Å². The normalized spacial score (nSPS) is 20.5. The zero-order valence-electron chi connectivity index (χ0n) is 17.9. The number of benzene rings is 1. The van der Waals surface area contributed by atoms with Crippen LogP contribution in [-0.2, 0) is 14.4 Å². The first kappa shape index (κ1) is 24.7. The summed E-state index contributed by atoms with van der Waals surface area (Å²) >= 11 is 5.73. The van der Waals surface area contributed by atoms with Crippen molar-refractivity contribution in [2.75, 3.05) is 6.54 Å². The topological polar surface area (TPSA) is 131 Å². The number of aliphatic hydroxyl groups excluding tert-OH is 1. The van der Waals surface area contributed by atoms with Crippen LogP contribution in [0.3, 0.4) is 0 Å². The second-order valence-electron chi connectivity index (χ2n) is 8.44. The summed E-state index contributed by atoms with van der Waals surface area (Å²) in [7, 11) is 0. The molecule has 1 aliphatic heterocycles. The Kier molecular flexibility index (Phi) is 8.42. The number of hydrogen-bond acceptors (Lipinski definition) is 5. The van der Waals surface area contributed by atoms with Crippen LogP contribution >= 0.6 is 11.6 Å². The lowest BCUT2D eigenvalue weighted by molar-refractivity contribution is -0.129. The molecule has 8 nitrogen and oxygen atoms in total. The quantitative estimate of drug-likeness (QED) is 0.301. The van der Waals surface area contributed by atoms with Gasteiger partial charge in [0.1, 0.15) is 11.9 Å². The molecule has 0 radical (unpaired) electrons. The molecule has 1 saturated heterocycles. The van der Waals surface area contributed by atoms with Gasteiger partial charge < -0.3 is 21.1 Å². The van der Waals surface area contributed by atoms with Gasteiger partial charge in [0.15, 0.2) is 6.10 Å². The number of carbonyl (C=O) groups is 3. The maximum absolute atomic E-state index is 13.9. The highest BCUT2D eigenvalue weighted by Gasteiger charge is 2.35. The number of amides is 3. The molecular weight excluding hydrogens is 451 g/mol. The van der Waals surface area contributed by atoms with E-state index in [-0.39, 0.29) is 22.9 Å². The van der Waals surface area contributed by atoms with Gasteiger partial charge in [-0.3, -0.25) is 14.4 Å². The van der Waals surface area contributed by atoms with E-state index in [0.717, 1.165) is 25.0 Å². The van der Waals surface area contributed by atoms with Crippen LogP contribution in [0.15, 0.2) is 24.3 Å². The van der Waals surface area contributed by atoms with Gasteiger partial charge in [0.2, 0.25) is 17.7 Å². The molecule has 33 heavy (non-hydrogen) atoms. The number of aliphatic hydroxyl groups is 1. The summed E-state index contributed by atoms with van der Waals surface area (Å²) in [4.78, 5) is 37.3. The third-order valence-electron chi connectivity index (χ3n) is 5.82. The van der Waals surface area contributed by atoms with Crippen molar-refractivity contribution < 1.29 is 23.9 Å². The van der Waals surface area contributed by atoms with Gasteiger partial charge in [0.05, 0.1) is 12.1 Å². The summed E-state index contributed by atoms with van der Waals surface area (Å²) in [5.41, 5.74) is 0.171. The number of hydrogen-bond donors (Lipinski definition) is 4. The highest BCUT2D eigenvalue weighted by Crippen LogP contribution is 2.33. The van der Waals surface area contributed by atoms with E-state index < -0.39 is 41.7 Å². The molecule has 1 saturated carbocycles. The van der Waals surface area contributed by atoms with Crippen LogP contribution in [0.5, 0.6) is 0 Å². The first-order valence-corrected chi connectivity index (χ1v) is 11.2. The molecule has 10 heteroatoms. The summed E-state index contributed by atoms with van der Waals surface area (Å²) in [6.45, 7) is 0.508. The van der Waals surface area contributed by atoms with E-state index in [1.54, 1.807) is 6.07 Å². The van der Waals surface area contributed by atoms with Gasteiger partial charge in [-0.05, 0) is 43.4 Å². The van der Waals surface area contributed by atoms with Crippen LogP contribution in [0.25, 0.3) is 6.08 Å². The molecule has 3 amide bonds. The largest absolute Gasteiger partial charge is 0.376 e. The van der Waals surface area contributed by atoms with E-state index in [2.05, 4.69) is 16.0 Å². The molecule has 1 heterocycles. The molecule has 2 fully saturated rings. The summed E-state index contributed by atoms with van der Waals surface area (Å²) in [5, 5.41) is 27.4. The van der Waals surface area contributed by atoms with Crippen molar-refractivity contribution in [2.45, 2.75) is 50.3 Å². The van der Waals surface area contributed by atoms with E-state index in [9.17, 15) is 23.9 Å². The predicted molar refractivity (Wildman–Crippen MR) is 119 cm³/mol. The Balaban J connectivity index is 1.65. The molecule has 1 aromatic carbocycles. The molecule has 3 rings (SSSR count). The molecule has 1 aliphatic carbocycles. The molecule has 1 aromatic rings. The van der Waals surface area contributed by atoms with Gasteiger partial charge in [0.25, 0.3) is 0 Å². The Labute approximate surface area is 196 Å². The predicted octanol–water partition coefficient (Wildman–Crippen LogP) is 1.67. The van der Waals surface area contributed by atoms with Gasteiger partial charge in [-0.15, -0.1) is 0 Å². The smallest absolute Gasteiger partial charge is 0.244 e. The lowest BCUT2D eigenvalue weighted by atomic mass is 9.95. The minimum Gasteiger partial charge on any atom is -0.376 e. The van der Waals surface area contributed by atoms with Crippen molar-refractivity contribution in [3.05, 3.63) is 40.7 Å². The summed E-state index contributed by atoms with van der Waals surface area (Å²) in [5.74, 6) is -2.01. The van der Waals surface area contributed by atoms with Crippen LogP contribution in [0.1, 0.15) is 37.7 Å². The number of nitrogens with one attached hydrogen (secondary N) is 3. The second kappa shape index (κ2) is 11.3. The lowest BCUT2D eigenvalue weighted by Gasteiger charge is -2.25. The van der Waals surface area contributed by atoms with Crippen LogP contribution < -0.4 is 16.0 Å². The molecule has 2 aliphatic rings.